The van der Waals surface area contributed by atoms with E-state index in [4.69, 9.17) is 10.5 Å². The lowest BCUT2D eigenvalue weighted by molar-refractivity contribution is -0.148. The molecular weight excluding hydrogens is 870 g/mol. The first kappa shape index (κ1) is 41.3. The molecule has 5 unspecified atom stereocenters. The molecule has 344 valence electrons. The number of nitrogens with one attached hydrogen (secondary N) is 4. The van der Waals surface area contributed by atoms with Gasteiger partial charge in [0.2, 0.25) is 6.29 Å². The Morgan fingerprint density at radius 2 is 1.30 bits per heavy atom. The van der Waals surface area contributed by atoms with Crippen molar-refractivity contribution in [1.29, 1.82) is 0 Å². The van der Waals surface area contributed by atoms with Gasteiger partial charge >= 0.3 is 5.97 Å². The molecule has 8 aliphatic rings. The highest BCUT2D eigenvalue weighted by Crippen LogP contribution is 2.53. The Morgan fingerprint density at radius 1 is 0.742 bits per heavy atom. The van der Waals surface area contributed by atoms with Crippen LogP contribution in [0.25, 0.3) is 45.1 Å². The molecule has 14 rings (SSSR count). The van der Waals surface area contributed by atoms with E-state index in [2.05, 4.69) is 60.9 Å². The third-order valence-corrected chi connectivity index (χ3v) is 15.3. The first-order valence-electron chi connectivity index (χ1n) is 22.5. The average molecular weight is 914 g/mol. The number of halogens is 5. The number of aliphatic hydroxyl groups is 1. The van der Waals surface area contributed by atoms with Gasteiger partial charge in [0, 0.05) is 18.0 Å². The lowest BCUT2D eigenvalue weighted by atomic mass is 9.61. The second-order valence-corrected chi connectivity index (χ2v) is 19.2. The monoisotopic (exact) mass is 913 g/mol. The Labute approximate surface area is 371 Å². The first-order valence-corrected chi connectivity index (χ1v) is 22.5. The van der Waals surface area contributed by atoms with Crippen molar-refractivity contribution in [2.75, 3.05) is 10.6 Å². The van der Waals surface area contributed by atoms with Gasteiger partial charge in [-0.1, -0.05) is 0 Å². The number of aromatic nitrogens is 10. The van der Waals surface area contributed by atoms with Crippen LogP contribution in [-0.2, 0) is 16.0 Å². The van der Waals surface area contributed by atoms with Gasteiger partial charge in [0.1, 0.15) is 28.6 Å². The third kappa shape index (κ3) is 6.71. The lowest BCUT2D eigenvalue weighted by Crippen LogP contribution is -2.54. The number of carboxylic acids is 1. The van der Waals surface area contributed by atoms with Gasteiger partial charge in [-0.15, -0.1) is 0 Å². The molecule has 0 radical (unpaired) electrons. The molecule has 17 nitrogen and oxygen atoms in total. The van der Waals surface area contributed by atoms with E-state index in [-0.39, 0.29) is 98.9 Å². The highest BCUT2D eigenvalue weighted by atomic mass is 19.2. The molecule has 0 saturated heterocycles. The summed E-state index contributed by atoms with van der Waals surface area (Å²) in [7, 11) is 0. The van der Waals surface area contributed by atoms with Crippen LogP contribution in [0.1, 0.15) is 88.4 Å². The van der Waals surface area contributed by atoms with Gasteiger partial charge in [0.05, 0.1) is 28.4 Å². The van der Waals surface area contributed by atoms with Crippen LogP contribution in [0.4, 0.5) is 33.6 Å². The van der Waals surface area contributed by atoms with Crippen molar-refractivity contribution in [1.82, 2.24) is 50.3 Å². The summed E-state index contributed by atoms with van der Waals surface area (Å²) in [5, 5.41) is 42.5. The fourth-order valence-corrected chi connectivity index (χ4v) is 11.5. The van der Waals surface area contributed by atoms with Crippen molar-refractivity contribution >= 4 is 39.7 Å². The van der Waals surface area contributed by atoms with Gasteiger partial charge in [-0.2, -0.15) is 15.2 Å². The highest BCUT2D eigenvalue weighted by Gasteiger charge is 2.52. The molecule has 8 fully saturated rings. The summed E-state index contributed by atoms with van der Waals surface area (Å²) in [6.45, 7) is 0. The van der Waals surface area contributed by atoms with Gasteiger partial charge in [0.25, 0.3) is 5.88 Å². The number of aliphatic hydroxyl groups excluding tert-OH is 1. The second-order valence-electron chi connectivity index (χ2n) is 19.2. The molecule has 0 amide bonds. The summed E-state index contributed by atoms with van der Waals surface area (Å²) in [4.78, 5) is 38.4. The predicted molar refractivity (Wildman–Crippen MR) is 224 cm³/mol. The topological polar surface area (TPSA) is 252 Å². The highest BCUT2D eigenvalue weighted by molar-refractivity contribution is 5.90. The second kappa shape index (κ2) is 14.9. The summed E-state index contributed by atoms with van der Waals surface area (Å²) >= 11 is 0. The van der Waals surface area contributed by atoms with Crippen LogP contribution in [0.15, 0.2) is 18.3 Å². The van der Waals surface area contributed by atoms with E-state index in [9.17, 15) is 19.4 Å². The van der Waals surface area contributed by atoms with E-state index in [1.807, 2.05) is 0 Å². The van der Waals surface area contributed by atoms with Gasteiger partial charge < -0.3 is 31.3 Å². The number of H-pyrrole nitrogens is 2. The van der Waals surface area contributed by atoms with Crippen LogP contribution >= 0.6 is 0 Å². The number of alkyl halides is 1. The predicted octanol–water partition coefficient (Wildman–Crippen LogP) is 6.52. The molecule has 0 aromatic carbocycles. The van der Waals surface area contributed by atoms with Crippen molar-refractivity contribution in [3.05, 3.63) is 53.0 Å². The average Bonchev–Trinajstić information content (AvgIpc) is 4.15. The van der Waals surface area contributed by atoms with E-state index >= 15 is 17.6 Å². The molecular formula is C44H44F5N13O4. The Kier molecular flexibility index (Phi) is 9.34. The van der Waals surface area contributed by atoms with Crippen molar-refractivity contribution in [3.8, 4) is 28.9 Å². The quantitative estimate of drug-likeness (QED) is 0.0510. The molecule has 6 heterocycles. The Balaban J connectivity index is 0.848. The molecule has 66 heavy (non-hydrogen) atoms. The molecule has 4 bridgehead atoms. The number of nitrogens with zero attached hydrogens (tertiary/aromatic N) is 8. The number of carbonyl (C=O) groups is 1. The van der Waals surface area contributed by atoms with Gasteiger partial charge in [-0.3, -0.25) is 15.0 Å². The fraction of sp³-hybridized carbons (Fsp3) is 0.523. The number of hydrogen-bond donors (Lipinski definition) is 7. The normalized spacial score (nSPS) is 28.4. The minimum atomic E-state index is -2.03. The van der Waals surface area contributed by atoms with Crippen LogP contribution in [0.5, 0.6) is 5.88 Å². The molecule has 22 heteroatoms. The van der Waals surface area contributed by atoms with Crippen LogP contribution in [0.3, 0.4) is 0 Å². The zero-order valence-electron chi connectivity index (χ0n) is 35.2. The van der Waals surface area contributed by atoms with Crippen LogP contribution in [-0.4, -0.2) is 84.9 Å². The number of fused-ring (bicyclic) bond motifs is 8. The zero-order chi connectivity index (χ0) is 45.4. The maximum Gasteiger partial charge on any atom is 0.308 e. The number of hydrogen-bond acceptors (Lipinski definition) is 14. The number of pyridine rings is 2. The number of aliphatic carboxylic acids is 1. The van der Waals surface area contributed by atoms with E-state index in [0.29, 0.717) is 25.7 Å². The third-order valence-electron chi connectivity index (χ3n) is 15.3. The minimum Gasteiger partial charge on any atom is -0.481 e. The van der Waals surface area contributed by atoms with Crippen LogP contribution < -0.4 is 21.1 Å². The fourth-order valence-electron chi connectivity index (χ4n) is 11.5. The smallest absolute Gasteiger partial charge is 0.308 e. The van der Waals surface area contributed by atoms with Crippen molar-refractivity contribution in [3.63, 3.8) is 0 Å². The number of aromatic amines is 2. The lowest BCUT2D eigenvalue weighted by Gasteiger charge is -2.50. The van der Waals surface area contributed by atoms with E-state index in [0.717, 1.165) is 50.8 Å². The van der Waals surface area contributed by atoms with Gasteiger partial charge in [-0.25, -0.2) is 46.9 Å². The summed E-state index contributed by atoms with van der Waals surface area (Å²) in [5.74, 6) is -7.39. The van der Waals surface area contributed by atoms with Crippen molar-refractivity contribution in [2.24, 2.45) is 41.2 Å². The van der Waals surface area contributed by atoms with Crippen LogP contribution in [0, 0.1) is 58.8 Å². The molecule has 0 spiro atoms. The zero-order valence-corrected chi connectivity index (χ0v) is 35.2. The maximum atomic E-state index is 16.4. The Hall–Kier alpha value is -6.16. The number of ether oxygens (including phenoxy) is 1. The molecule has 5 atom stereocenters. The Bertz CT molecular complexity index is 2950. The van der Waals surface area contributed by atoms with Crippen LogP contribution in [0.2, 0.25) is 0 Å². The number of rotatable bonds is 12. The standard InChI is InChI=1S/C44H44F5N13O4/c45-20-13-21-30(59-61-34(21)51-15-20)38-54-32(43(49)9-10-43)26(47)36(56-38)53-29-19-7-3-17(4-8-19)25(29)42(65)66-40-23(46)14-22-31(60-62-35(22)58-40)39-55-33(44(50)11-12-44)27(48)37(57-39)52-28-18-5-1-16(2-6-18)24(28)41(63)64/h13-19,24-25,28-29,42,65H,1-12,50H2,(H,63,64)(H,51,59,61)(H,52,55,57)(H,53,54,56)(H,58,60,62). The molecule has 0 aliphatic heterocycles. The van der Waals surface area contributed by atoms with E-state index in [1.165, 1.54) is 6.07 Å². The molecule has 8 aliphatic carbocycles. The minimum absolute atomic E-state index is 0.00483. The number of carboxylic acid groups (broad SMARTS) is 1. The molecule has 8 N–H and O–H groups in total. The summed E-state index contributed by atoms with van der Waals surface area (Å²) in [5.41, 5.74) is 3.22. The van der Waals surface area contributed by atoms with Crippen molar-refractivity contribution in [2.45, 2.75) is 107 Å². The summed E-state index contributed by atoms with van der Waals surface area (Å²) < 4.78 is 84.8. The molecule has 6 aromatic rings. The Morgan fingerprint density at radius 3 is 1.94 bits per heavy atom. The number of anilines is 2. The summed E-state index contributed by atoms with van der Waals surface area (Å²) in [6, 6.07) is 1.02. The van der Waals surface area contributed by atoms with Gasteiger partial charge in [-0.05, 0) is 113 Å². The largest absolute Gasteiger partial charge is 0.481 e. The van der Waals surface area contributed by atoms with E-state index < -0.39 is 82.2 Å². The molecule has 8 saturated carbocycles. The van der Waals surface area contributed by atoms with Crippen molar-refractivity contribution < 1.29 is 41.7 Å². The maximum absolute atomic E-state index is 16.4. The van der Waals surface area contributed by atoms with E-state index in [1.54, 1.807) is 0 Å². The summed E-state index contributed by atoms with van der Waals surface area (Å²) in [6.07, 6.45) is 6.41. The first-order chi connectivity index (χ1) is 31.7. The van der Waals surface area contributed by atoms with Gasteiger partial charge in [0.15, 0.2) is 57.7 Å². The SMILES string of the molecule is NC1(c2nc(-c3[nH]nc4nc(OC(O)C5C6CCC(CC6)C5Nc5nc(-c6[nH]nc7ncc(F)cc67)nc(C6(F)CC6)c5F)c(F)cc34)nc(NC3C4CCC(CC4)C3C(=O)O)c2F)CC1. The number of nitrogens with two attached hydrogens (primary N) is 1. The molecule has 6 aromatic heterocycles.